The van der Waals surface area contributed by atoms with E-state index in [1.807, 2.05) is 11.4 Å². The summed E-state index contributed by atoms with van der Waals surface area (Å²) in [6, 6.07) is 3.76. The highest BCUT2D eigenvalue weighted by Crippen LogP contribution is 2.49. The van der Waals surface area contributed by atoms with Gasteiger partial charge in [-0.3, -0.25) is 15.0 Å². The summed E-state index contributed by atoms with van der Waals surface area (Å²) in [6.07, 6.45) is 2.08. The molecular formula is C14H20N2O2S. The fourth-order valence-corrected chi connectivity index (χ4v) is 5.10. The summed E-state index contributed by atoms with van der Waals surface area (Å²) in [4.78, 5) is 15.2. The molecule has 0 aromatic carbocycles. The van der Waals surface area contributed by atoms with Crippen molar-refractivity contribution in [2.45, 2.75) is 44.7 Å². The first-order valence-corrected chi connectivity index (χ1v) is 7.79. The number of hydrogen-bond donors (Lipinski definition) is 0. The quantitative estimate of drug-likeness (QED) is 0.618. The van der Waals surface area contributed by atoms with E-state index in [0.717, 1.165) is 25.9 Å². The van der Waals surface area contributed by atoms with Crippen molar-refractivity contribution in [3.8, 4) is 0 Å². The van der Waals surface area contributed by atoms with Crippen LogP contribution in [-0.4, -0.2) is 35.0 Å². The average molecular weight is 280 g/mol. The van der Waals surface area contributed by atoms with E-state index < -0.39 is 6.04 Å². The number of nitrogens with zero attached hydrogens (tertiary/aromatic N) is 2. The topological polar surface area (TPSA) is 46.4 Å². The third-order valence-corrected chi connectivity index (χ3v) is 5.65. The molecular weight excluding hydrogens is 260 g/mol. The standard InChI is InChI=1S/C14H20N2O2S/c1-14(2)9-15-7-3-5-10(15)13(16(17)18)12(14)11-6-4-8-19-11/h4,6,8,10,12-13H,3,5,7,9H2,1-2H3. The van der Waals surface area contributed by atoms with Crippen LogP contribution in [0, 0.1) is 15.5 Å². The summed E-state index contributed by atoms with van der Waals surface area (Å²) in [5, 5.41) is 13.7. The van der Waals surface area contributed by atoms with Crippen molar-refractivity contribution in [2.75, 3.05) is 13.1 Å². The van der Waals surface area contributed by atoms with E-state index in [9.17, 15) is 10.1 Å². The monoisotopic (exact) mass is 280 g/mol. The van der Waals surface area contributed by atoms with E-state index in [-0.39, 0.29) is 22.3 Å². The lowest BCUT2D eigenvalue weighted by Crippen LogP contribution is -2.58. The maximum absolute atomic E-state index is 11.7. The Bertz CT molecular complexity index is 472. The van der Waals surface area contributed by atoms with Gasteiger partial charge in [0.05, 0.1) is 12.0 Å². The third-order valence-electron chi connectivity index (χ3n) is 4.70. The number of hydrogen-bond acceptors (Lipinski definition) is 4. The van der Waals surface area contributed by atoms with Crippen molar-refractivity contribution < 1.29 is 4.92 Å². The first-order valence-electron chi connectivity index (χ1n) is 6.91. The third kappa shape index (κ3) is 2.09. The molecule has 0 spiro atoms. The lowest BCUT2D eigenvalue weighted by Gasteiger charge is -2.47. The molecule has 0 bridgehead atoms. The highest BCUT2D eigenvalue weighted by Gasteiger charge is 2.55. The van der Waals surface area contributed by atoms with E-state index in [2.05, 4.69) is 24.8 Å². The zero-order chi connectivity index (χ0) is 13.6. The Balaban J connectivity index is 2.04. The van der Waals surface area contributed by atoms with Gasteiger partial charge in [-0.15, -0.1) is 11.3 Å². The molecule has 3 atom stereocenters. The molecule has 2 fully saturated rings. The van der Waals surface area contributed by atoms with Gasteiger partial charge in [0.25, 0.3) is 0 Å². The van der Waals surface area contributed by atoms with Gasteiger partial charge in [0.15, 0.2) is 0 Å². The number of piperidine rings is 1. The van der Waals surface area contributed by atoms with Crippen LogP contribution in [-0.2, 0) is 0 Å². The van der Waals surface area contributed by atoms with Crippen LogP contribution in [0.1, 0.15) is 37.5 Å². The van der Waals surface area contributed by atoms with Crippen LogP contribution < -0.4 is 0 Å². The predicted molar refractivity (Wildman–Crippen MR) is 76.2 cm³/mol. The van der Waals surface area contributed by atoms with Crippen molar-refractivity contribution in [1.82, 2.24) is 4.90 Å². The van der Waals surface area contributed by atoms with Crippen LogP contribution in [0.5, 0.6) is 0 Å². The second kappa shape index (κ2) is 4.56. The lowest BCUT2D eigenvalue weighted by atomic mass is 9.68. The van der Waals surface area contributed by atoms with E-state index in [1.54, 1.807) is 11.3 Å². The van der Waals surface area contributed by atoms with Gasteiger partial charge >= 0.3 is 0 Å². The minimum atomic E-state index is -0.454. The molecule has 3 rings (SSSR count). The van der Waals surface area contributed by atoms with Gasteiger partial charge in [0.2, 0.25) is 6.04 Å². The Morgan fingerprint density at radius 2 is 2.32 bits per heavy atom. The maximum atomic E-state index is 11.7. The van der Waals surface area contributed by atoms with Crippen molar-refractivity contribution in [2.24, 2.45) is 5.41 Å². The second-order valence-electron chi connectivity index (χ2n) is 6.44. The second-order valence-corrected chi connectivity index (χ2v) is 7.42. The first kappa shape index (κ1) is 13.1. The Morgan fingerprint density at radius 1 is 1.53 bits per heavy atom. The van der Waals surface area contributed by atoms with Crippen LogP contribution >= 0.6 is 11.3 Å². The highest BCUT2D eigenvalue weighted by atomic mass is 32.1. The van der Waals surface area contributed by atoms with Crippen molar-refractivity contribution in [1.29, 1.82) is 0 Å². The van der Waals surface area contributed by atoms with Crippen LogP contribution in [0.2, 0.25) is 0 Å². The molecule has 19 heavy (non-hydrogen) atoms. The summed E-state index contributed by atoms with van der Waals surface area (Å²) < 4.78 is 0. The minimum Gasteiger partial charge on any atom is -0.293 e. The average Bonchev–Trinajstić information content (AvgIpc) is 2.94. The molecule has 5 heteroatoms. The molecule has 2 aliphatic heterocycles. The van der Waals surface area contributed by atoms with Crippen molar-refractivity contribution >= 4 is 11.3 Å². The normalized spacial score (nSPS) is 34.1. The first-order chi connectivity index (χ1) is 9.00. The van der Waals surface area contributed by atoms with E-state index in [0.29, 0.717) is 0 Å². The van der Waals surface area contributed by atoms with Crippen LogP contribution in [0.3, 0.4) is 0 Å². The van der Waals surface area contributed by atoms with Crippen molar-refractivity contribution in [3.63, 3.8) is 0 Å². The largest absolute Gasteiger partial charge is 0.293 e. The Hall–Kier alpha value is -0.940. The van der Waals surface area contributed by atoms with Gasteiger partial charge < -0.3 is 0 Å². The van der Waals surface area contributed by atoms with Crippen LogP contribution in [0.15, 0.2) is 17.5 Å². The highest BCUT2D eigenvalue weighted by molar-refractivity contribution is 7.10. The number of nitro groups is 1. The van der Waals surface area contributed by atoms with E-state index in [4.69, 9.17) is 0 Å². The van der Waals surface area contributed by atoms with Gasteiger partial charge in [0, 0.05) is 16.3 Å². The summed E-state index contributed by atoms with van der Waals surface area (Å²) >= 11 is 1.66. The van der Waals surface area contributed by atoms with Gasteiger partial charge in [-0.05, 0) is 36.2 Å². The molecule has 1 aromatic heterocycles. The minimum absolute atomic E-state index is 0.0196. The van der Waals surface area contributed by atoms with E-state index in [1.165, 1.54) is 4.88 Å². The number of rotatable bonds is 2. The molecule has 104 valence electrons. The SMILES string of the molecule is CC1(C)CN2CCCC2C([N+](=O)[O-])C1c1cccs1. The smallest absolute Gasteiger partial charge is 0.236 e. The molecule has 0 aliphatic carbocycles. The van der Waals surface area contributed by atoms with E-state index >= 15 is 0 Å². The molecule has 3 heterocycles. The summed E-state index contributed by atoms with van der Waals surface area (Å²) in [7, 11) is 0. The fourth-order valence-electron chi connectivity index (χ4n) is 4.03. The molecule has 1 aromatic rings. The van der Waals surface area contributed by atoms with Crippen molar-refractivity contribution in [3.05, 3.63) is 32.5 Å². The Labute approximate surface area is 117 Å². The fraction of sp³-hybridized carbons (Fsp3) is 0.714. The molecule has 0 N–H and O–H groups in total. The Morgan fingerprint density at radius 3 is 2.95 bits per heavy atom. The van der Waals surface area contributed by atoms with Gasteiger partial charge in [-0.25, -0.2) is 0 Å². The van der Waals surface area contributed by atoms with Gasteiger partial charge in [-0.2, -0.15) is 0 Å². The molecule has 3 unspecified atom stereocenters. The maximum Gasteiger partial charge on any atom is 0.236 e. The molecule has 2 saturated heterocycles. The van der Waals surface area contributed by atoms with Gasteiger partial charge in [-0.1, -0.05) is 19.9 Å². The summed E-state index contributed by atoms with van der Waals surface area (Å²) in [5.74, 6) is 0.0434. The van der Waals surface area contributed by atoms with Crippen LogP contribution in [0.25, 0.3) is 0 Å². The molecule has 2 aliphatic rings. The molecule has 0 radical (unpaired) electrons. The van der Waals surface area contributed by atoms with Crippen LogP contribution in [0.4, 0.5) is 0 Å². The summed E-state index contributed by atoms with van der Waals surface area (Å²) in [5.41, 5.74) is -0.0383. The number of thiophene rings is 1. The zero-order valence-electron chi connectivity index (χ0n) is 11.4. The Kier molecular flexibility index (Phi) is 3.14. The molecule has 0 saturated carbocycles. The number of fused-ring (bicyclic) bond motifs is 1. The predicted octanol–water partition coefficient (Wildman–Crippen LogP) is 2.98. The molecule has 4 nitrogen and oxygen atoms in total. The summed E-state index contributed by atoms with van der Waals surface area (Å²) in [6.45, 7) is 6.37. The zero-order valence-corrected chi connectivity index (χ0v) is 12.2. The van der Waals surface area contributed by atoms with Gasteiger partial charge in [0.1, 0.15) is 0 Å². The lowest BCUT2D eigenvalue weighted by molar-refractivity contribution is -0.541. The molecule has 0 amide bonds.